The van der Waals surface area contributed by atoms with Gasteiger partial charge in [0.25, 0.3) is 0 Å². The summed E-state index contributed by atoms with van der Waals surface area (Å²) in [7, 11) is 1.37. The highest BCUT2D eigenvalue weighted by molar-refractivity contribution is 6.26. The Morgan fingerprint density at radius 2 is 1.68 bits per heavy atom. The number of methoxy groups -OCH3 is 1. The van der Waals surface area contributed by atoms with Crippen molar-refractivity contribution in [2.75, 3.05) is 7.11 Å². The number of carbonyl (C=O) groups excluding carboxylic acids is 1. The molecule has 0 atom stereocenters. The monoisotopic (exact) mass is 590 g/mol. The molecule has 9 heteroatoms. The molecule has 6 rings (SSSR count). The SMILES string of the molecule is CCC1=C(C)C2=NC1=CC1=C(C)C3=C(O)CC(=C4N=C(C=c5[nH]c(c(/C=C\C(=O)O)c5C)=C2)C(C)=C4CCC(=O)OC)C3=N1. The Balaban J connectivity index is 1.68. The molecule has 8 bridgehead atoms. The number of nitrogens with one attached hydrogen (secondary N) is 1. The van der Waals surface area contributed by atoms with Crippen molar-refractivity contribution in [2.24, 2.45) is 15.0 Å². The summed E-state index contributed by atoms with van der Waals surface area (Å²) in [5.74, 6) is -1.10. The van der Waals surface area contributed by atoms with Gasteiger partial charge in [-0.25, -0.2) is 19.8 Å². The van der Waals surface area contributed by atoms with Crippen LogP contribution in [0, 0.1) is 6.92 Å². The maximum Gasteiger partial charge on any atom is 0.328 e. The first kappa shape index (κ1) is 29.0. The fraction of sp³-hybridized carbons (Fsp3) is 0.286. The Kier molecular flexibility index (Phi) is 7.19. The van der Waals surface area contributed by atoms with Gasteiger partial charge < -0.3 is 19.9 Å². The molecule has 5 aliphatic rings. The van der Waals surface area contributed by atoms with Crippen LogP contribution in [-0.4, -0.2) is 51.4 Å². The summed E-state index contributed by atoms with van der Waals surface area (Å²) in [6, 6.07) is 0. The summed E-state index contributed by atoms with van der Waals surface area (Å²) in [6.07, 6.45) is 10.3. The van der Waals surface area contributed by atoms with E-state index in [9.17, 15) is 19.8 Å². The molecule has 3 N–H and O–H groups in total. The fourth-order valence-electron chi connectivity index (χ4n) is 6.46. The summed E-state index contributed by atoms with van der Waals surface area (Å²) in [5.41, 5.74) is 12.4. The van der Waals surface area contributed by atoms with E-state index in [0.717, 1.165) is 90.4 Å². The van der Waals surface area contributed by atoms with E-state index in [1.165, 1.54) is 7.11 Å². The van der Waals surface area contributed by atoms with Gasteiger partial charge in [0.1, 0.15) is 5.76 Å². The van der Waals surface area contributed by atoms with Crippen molar-refractivity contribution in [3.05, 3.63) is 95.8 Å². The van der Waals surface area contributed by atoms with E-state index in [4.69, 9.17) is 19.7 Å². The highest BCUT2D eigenvalue weighted by Gasteiger charge is 2.37. The second-order valence-electron chi connectivity index (χ2n) is 11.4. The average molecular weight is 591 g/mol. The van der Waals surface area contributed by atoms with Crippen LogP contribution >= 0.6 is 0 Å². The largest absolute Gasteiger partial charge is 0.511 e. The zero-order valence-corrected chi connectivity index (χ0v) is 25.7. The summed E-state index contributed by atoms with van der Waals surface area (Å²) in [6.45, 7) is 10.0. The minimum atomic E-state index is -1.04. The quantitative estimate of drug-likeness (QED) is 0.317. The highest BCUT2D eigenvalue weighted by atomic mass is 16.5. The zero-order chi connectivity index (χ0) is 31.4. The van der Waals surface area contributed by atoms with Gasteiger partial charge >= 0.3 is 11.9 Å². The number of hydrogen-bond acceptors (Lipinski definition) is 7. The first-order valence-corrected chi connectivity index (χ1v) is 14.7. The van der Waals surface area contributed by atoms with E-state index in [2.05, 4.69) is 11.9 Å². The second-order valence-corrected chi connectivity index (χ2v) is 11.4. The Bertz CT molecular complexity index is 2030. The highest BCUT2D eigenvalue weighted by Crippen LogP contribution is 2.44. The number of aliphatic imine (C=N–C) groups is 3. The maximum atomic E-state index is 12.2. The summed E-state index contributed by atoms with van der Waals surface area (Å²) >= 11 is 0. The van der Waals surface area contributed by atoms with Crippen molar-refractivity contribution in [3.63, 3.8) is 0 Å². The average Bonchev–Trinajstić information content (AvgIpc) is 3.73. The van der Waals surface area contributed by atoms with Crippen molar-refractivity contribution in [3.8, 4) is 0 Å². The third kappa shape index (κ3) is 4.69. The van der Waals surface area contributed by atoms with E-state index < -0.39 is 5.97 Å². The van der Waals surface area contributed by atoms with Crippen molar-refractivity contribution in [1.82, 2.24) is 4.98 Å². The molecule has 1 aliphatic carbocycles. The van der Waals surface area contributed by atoms with Crippen LogP contribution in [0.4, 0.5) is 0 Å². The number of nitrogens with zero attached hydrogens (tertiary/aromatic N) is 3. The molecule has 0 radical (unpaired) electrons. The van der Waals surface area contributed by atoms with Crippen molar-refractivity contribution in [2.45, 2.75) is 60.3 Å². The number of aliphatic hydroxyl groups is 1. The van der Waals surface area contributed by atoms with Crippen LogP contribution in [0.25, 0.3) is 18.2 Å². The Labute approximate surface area is 254 Å². The van der Waals surface area contributed by atoms with Crippen molar-refractivity contribution >= 4 is 47.3 Å². The number of hydrogen-bond donors (Lipinski definition) is 3. The molecule has 0 unspecified atom stereocenters. The number of carbonyl (C=O) groups is 2. The van der Waals surface area contributed by atoms with Gasteiger partial charge in [-0.05, 0) is 98.3 Å². The lowest BCUT2D eigenvalue weighted by Crippen LogP contribution is -2.15. The van der Waals surface area contributed by atoms with Gasteiger partial charge in [-0.3, -0.25) is 4.79 Å². The van der Waals surface area contributed by atoms with Gasteiger partial charge in [-0.15, -0.1) is 0 Å². The smallest absolute Gasteiger partial charge is 0.328 e. The summed E-state index contributed by atoms with van der Waals surface area (Å²) < 4.78 is 4.93. The first-order chi connectivity index (χ1) is 21.0. The molecule has 1 aromatic heterocycles. The van der Waals surface area contributed by atoms with Gasteiger partial charge in [0.15, 0.2) is 0 Å². The lowest BCUT2D eigenvalue weighted by atomic mass is 9.96. The van der Waals surface area contributed by atoms with Crippen molar-refractivity contribution in [1.29, 1.82) is 0 Å². The molecule has 0 saturated heterocycles. The molecule has 0 saturated carbocycles. The zero-order valence-electron chi connectivity index (χ0n) is 25.7. The lowest BCUT2D eigenvalue weighted by molar-refractivity contribution is -0.140. The normalized spacial score (nSPS) is 19.1. The standard InChI is InChI=1S/C35H34N4O5/c1-7-20-16(2)25-14-29-21(8-10-31(41)42)17(3)24(37-29)13-26-18(4)22(9-11-32(43)44-6)34(38-26)23-12-30(40)33-19(5)27(39-35(23)33)15-28(20)36-25/h8,10,13-15,37,40H,7,9,11-12H2,1-6H3,(H,41,42)/b10-8-,24-13?,28-15?,29-14?,34-23?. The van der Waals surface area contributed by atoms with Crippen LogP contribution in [0.1, 0.15) is 64.5 Å². The molecule has 0 spiro atoms. The second kappa shape index (κ2) is 10.9. The summed E-state index contributed by atoms with van der Waals surface area (Å²) in [4.78, 5) is 42.3. The van der Waals surface area contributed by atoms with E-state index in [-0.39, 0.29) is 18.1 Å². The molecule has 5 heterocycles. The number of esters is 1. The molecule has 0 amide bonds. The minimum absolute atomic E-state index is 0.187. The molecular formula is C35H34N4O5. The Morgan fingerprint density at radius 3 is 2.39 bits per heavy atom. The number of H-pyrrole nitrogens is 1. The van der Waals surface area contributed by atoms with E-state index in [0.29, 0.717) is 30.0 Å². The van der Waals surface area contributed by atoms with Crippen LogP contribution < -0.4 is 10.7 Å². The topological polar surface area (TPSA) is 137 Å². The predicted molar refractivity (Wildman–Crippen MR) is 172 cm³/mol. The number of aromatic amines is 1. The van der Waals surface area contributed by atoms with Gasteiger partial charge in [-0.2, -0.15) is 0 Å². The van der Waals surface area contributed by atoms with Crippen LogP contribution in [-0.2, 0) is 14.3 Å². The van der Waals surface area contributed by atoms with E-state index in [1.54, 1.807) is 6.08 Å². The van der Waals surface area contributed by atoms with Gasteiger partial charge in [0.2, 0.25) is 0 Å². The van der Waals surface area contributed by atoms with Crippen LogP contribution in [0.5, 0.6) is 0 Å². The number of carboxylic acids is 1. The van der Waals surface area contributed by atoms with Gasteiger partial charge in [0.05, 0.1) is 41.3 Å². The summed E-state index contributed by atoms with van der Waals surface area (Å²) in [5, 5.41) is 22.1. The molecule has 44 heavy (non-hydrogen) atoms. The van der Waals surface area contributed by atoms with E-state index >= 15 is 0 Å². The molecule has 1 aromatic rings. The first-order valence-electron chi connectivity index (χ1n) is 14.7. The van der Waals surface area contributed by atoms with Crippen LogP contribution in [0.15, 0.2) is 89.0 Å². The fourth-order valence-corrected chi connectivity index (χ4v) is 6.46. The maximum absolute atomic E-state index is 12.2. The molecule has 0 fully saturated rings. The Hall–Kier alpha value is -5.05. The minimum Gasteiger partial charge on any atom is -0.511 e. The van der Waals surface area contributed by atoms with Crippen LogP contribution in [0.2, 0.25) is 0 Å². The number of ether oxygens (including phenoxy) is 1. The third-order valence-electron chi connectivity index (χ3n) is 8.93. The molecule has 0 aromatic carbocycles. The number of allylic oxidation sites excluding steroid dienone is 8. The molecular weight excluding hydrogens is 556 g/mol. The number of aromatic nitrogens is 1. The Morgan fingerprint density at radius 1 is 0.977 bits per heavy atom. The van der Waals surface area contributed by atoms with Gasteiger partial charge in [0, 0.05) is 46.3 Å². The molecule has 4 aliphatic heterocycles. The van der Waals surface area contributed by atoms with E-state index in [1.807, 2.05) is 45.9 Å². The lowest BCUT2D eigenvalue weighted by Gasteiger charge is -2.09. The van der Waals surface area contributed by atoms with Gasteiger partial charge in [-0.1, -0.05) is 6.92 Å². The third-order valence-corrected chi connectivity index (χ3v) is 8.93. The molecule has 9 nitrogen and oxygen atoms in total. The number of aliphatic carboxylic acids is 1. The number of fused-ring (bicyclic) bond motifs is 5. The van der Waals surface area contributed by atoms with Crippen LogP contribution in [0.3, 0.4) is 0 Å². The van der Waals surface area contributed by atoms with Crippen molar-refractivity contribution < 1.29 is 24.5 Å². The molecule has 224 valence electrons. The number of aliphatic hydroxyl groups excluding tert-OH is 1. The predicted octanol–water partition coefficient (Wildman–Crippen LogP) is 4.98. The number of rotatable bonds is 6. The number of carboxylic acid groups (broad SMARTS) is 1.